The van der Waals surface area contributed by atoms with Crippen molar-refractivity contribution in [2.75, 3.05) is 7.05 Å². The zero-order valence-electron chi connectivity index (χ0n) is 12.1. The number of nitrogens with zero attached hydrogens (tertiary/aromatic N) is 2. The second-order valence-electron chi connectivity index (χ2n) is 5.04. The summed E-state index contributed by atoms with van der Waals surface area (Å²) in [5.74, 6) is 0. The molecule has 0 saturated heterocycles. The van der Waals surface area contributed by atoms with Crippen LogP contribution in [0.3, 0.4) is 0 Å². The van der Waals surface area contributed by atoms with Gasteiger partial charge in [0, 0.05) is 12.4 Å². The first-order valence-electron chi connectivity index (χ1n) is 7.15. The summed E-state index contributed by atoms with van der Waals surface area (Å²) in [6.45, 7) is 0. The zero-order valence-corrected chi connectivity index (χ0v) is 12.1. The van der Waals surface area contributed by atoms with Crippen molar-refractivity contribution in [2.45, 2.75) is 12.1 Å². The monoisotopic (exact) mass is 277 g/mol. The maximum atomic E-state index is 4.21. The van der Waals surface area contributed by atoms with Crippen molar-refractivity contribution >= 4 is 0 Å². The van der Waals surface area contributed by atoms with Gasteiger partial charge in [-0.1, -0.05) is 60.7 Å². The molecule has 21 heavy (non-hydrogen) atoms. The molecule has 3 heteroatoms. The Morgan fingerprint density at radius 2 is 1.52 bits per heavy atom. The van der Waals surface area contributed by atoms with Crippen molar-refractivity contribution in [2.24, 2.45) is 0 Å². The number of aromatic nitrogens is 2. The smallest absolute Gasteiger partial charge is 0.0952 e. The Balaban J connectivity index is 2.06. The number of nitrogens with one attached hydrogen (secondary N) is 1. The molecule has 0 radical (unpaired) electrons. The van der Waals surface area contributed by atoms with E-state index in [9.17, 15) is 0 Å². The van der Waals surface area contributed by atoms with Gasteiger partial charge >= 0.3 is 0 Å². The number of hydrogen-bond donors (Lipinski definition) is 1. The van der Waals surface area contributed by atoms with E-state index >= 15 is 0 Å². The highest BCUT2D eigenvalue weighted by atomic mass is 15.1. The van der Waals surface area contributed by atoms with E-state index in [1.807, 2.05) is 37.9 Å². The highest BCUT2D eigenvalue weighted by molar-refractivity contribution is 5.28. The fraction of sp³-hybridized carbons (Fsp3) is 0.167. The van der Waals surface area contributed by atoms with E-state index in [0.29, 0.717) is 0 Å². The highest BCUT2D eigenvalue weighted by Gasteiger charge is 2.24. The molecule has 1 heterocycles. The Bertz CT molecular complexity index is 647. The molecule has 0 spiro atoms. The summed E-state index contributed by atoms with van der Waals surface area (Å²) in [5.41, 5.74) is 2.53. The first kappa shape index (κ1) is 13.6. The van der Waals surface area contributed by atoms with Crippen LogP contribution < -0.4 is 5.32 Å². The van der Waals surface area contributed by atoms with E-state index in [2.05, 4.69) is 63.4 Å². The minimum atomic E-state index is 0.168. The van der Waals surface area contributed by atoms with E-state index in [-0.39, 0.29) is 12.1 Å². The first-order valence-corrected chi connectivity index (χ1v) is 7.15. The Hall–Kier alpha value is -2.39. The molecule has 0 fully saturated rings. The number of benzene rings is 2. The van der Waals surface area contributed by atoms with Gasteiger partial charge in [-0.2, -0.15) is 0 Å². The summed E-state index contributed by atoms with van der Waals surface area (Å²) >= 11 is 0. The van der Waals surface area contributed by atoms with Crippen LogP contribution in [-0.4, -0.2) is 16.6 Å². The van der Waals surface area contributed by atoms with Gasteiger partial charge in [0.1, 0.15) is 0 Å². The highest BCUT2D eigenvalue weighted by Crippen LogP contribution is 2.31. The molecule has 3 nitrogen and oxygen atoms in total. The molecule has 2 aromatic carbocycles. The molecule has 3 rings (SSSR count). The van der Waals surface area contributed by atoms with Crippen molar-refractivity contribution in [3.05, 3.63) is 90.5 Å². The van der Waals surface area contributed by atoms with Crippen molar-refractivity contribution < 1.29 is 0 Å². The minimum absolute atomic E-state index is 0.168. The van der Waals surface area contributed by atoms with E-state index < -0.39 is 0 Å². The van der Waals surface area contributed by atoms with Gasteiger partial charge in [0.15, 0.2) is 0 Å². The van der Waals surface area contributed by atoms with Gasteiger partial charge in [0.2, 0.25) is 0 Å². The van der Waals surface area contributed by atoms with Gasteiger partial charge in [-0.05, 0) is 18.2 Å². The van der Waals surface area contributed by atoms with Gasteiger partial charge < -0.3 is 9.88 Å². The second kappa shape index (κ2) is 6.37. The standard InChI is InChI=1S/C18H19N3/c1-19-17(15-8-4-2-5-9-15)18(21-13-12-20-14-21)16-10-6-3-7-11-16/h2-14,17-19H,1H3. The summed E-state index contributed by atoms with van der Waals surface area (Å²) in [7, 11) is 2.00. The predicted octanol–water partition coefficient (Wildman–Crippen LogP) is 3.43. The van der Waals surface area contributed by atoms with Crippen LogP contribution in [0.4, 0.5) is 0 Å². The Labute approximate surface area is 125 Å². The fourth-order valence-electron chi connectivity index (χ4n) is 2.79. The summed E-state index contributed by atoms with van der Waals surface area (Å²) < 4.78 is 2.16. The number of hydrogen-bond acceptors (Lipinski definition) is 2. The molecule has 0 aliphatic rings. The molecule has 0 amide bonds. The summed E-state index contributed by atoms with van der Waals surface area (Å²) in [6, 6.07) is 21.4. The third-order valence-corrected chi connectivity index (χ3v) is 3.77. The van der Waals surface area contributed by atoms with E-state index in [0.717, 1.165) is 0 Å². The van der Waals surface area contributed by atoms with Gasteiger partial charge in [-0.15, -0.1) is 0 Å². The lowest BCUT2D eigenvalue weighted by Gasteiger charge is -2.29. The lowest BCUT2D eigenvalue weighted by molar-refractivity contribution is 0.426. The largest absolute Gasteiger partial charge is 0.328 e. The lowest BCUT2D eigenvalue weighted by Crippen LogP contribution is -2.28. The van der Waals surface area contributed by atoms with Gasteiger partial charge in [0.05, 0.1) is 18.4 Å². The molecule has 2 atom stereocenters. The molecule has 2 unspecified atom stereocenters. The van der Waals surface area contributed by atoms with Crippen molar-refractivity contribution in [3.8, 4) is 0 Å². The normalized spacial score (nSPS) is 13.8. The Morgan fingerprint density at radius 3 is 2.05 bits per heavy atom. The van der Waals surface area contributed by atoms with Crippen LogP contribution in [0.2, 0.25) is 0 Å². The van der Waals surface area contributed by atoms with Gasteiger partial charge in [0.25, 0.3) is 0 Å². The van der Waals surface area contributed by atoms with Crippen LogP contribution in [0, 0.1) is 0 Å². The van der Waals surface area contributed by atoms with Crippen LogP contribution in [0.5, 0.6) is 0 Å². The van der Waals surface area contributed by atoms with Crippen LogP contribution in [0.25, 0.3) is 0 Å². The number of imidazole rings is 1. The average molecular weight is 277 g/mol. The van der Waals surface area contributed by atoms with Crippen LogP contribution in [0.1, 0.15) is 23.2 Å². The van der Waals surface area contributed by atoms with Crippen LogP contribution in [-0.2, 0) is 0 Å². The molecule has 1 N–H and O–H groups in total. The predicted molar refractivity (Wildman–Crippen MR) is 85.1 cm³/mol. The van der Waals surface area contributed by atoms with Crippen LogP contribution in [0.15, 0.2) is 79.4 Å². The molecule has 0 bridgehead atoms. The molecule has 3 aromatic rings. The molecule has 0 aliphatic heterocycles. The number of likely N-dealkylation sites (N-methyl/N-ethyl adjacent to an activating group) is 1. The zero-order chi connectivity index (χ0) is 14.5. The van der Waals surface area contributed by atoms with E-state index in [1.54, 1.807) is 0 Å². The summed E-state index contributed by atoms with van der Waals surface area (Å²) in [6.07, 6.45) is 5.73. The lowest BCUT2D eigenvalue weighted by atomic mass is 9.93. The van der Waals surface area contributed by atoms with Crippen molar-refractivity contribution in [3.63, 3.8) is 0 Å². The van der Waals surface area contributed by atoms with Crippen molar-refractivity contribution in [1.29, 1.82) is 0 Å². The molecule has 1 aromatic heterocycles. The van der Waals surface area contributed by atoms with Crippen LogP contribution >= 0.6 is 0 Å². The van der Waals surface area contributed by atoms with E-state index in [1.165, 1.54) is 11.1 Å². The van der Waals surface area contributed by atoms with Gasteiger partial charge in [-0.25, -0.2) is 4.98 Å². The number of rotatable bonds is 5. The van der Waals surface area contributed by atoms with Gasteiger partial charge in [-0.3, -0.25) is 0 Å². The molecule has 106 valence electrons. The molecular formula is C18H19N3. The quantitative estimate of drug-likeness (QED) is 0.774. The Morgan fingerprint density at radius 1 is 0.905 bits per heavy atom. The molecule has 0 saturated carbocycles. The summed E-state index contributed by atoms with van der Waals surface area (Å²) in [5, 5.41) is 3.46. The first-order chi connectivity index (χ1) is 10.4. The average Bonchev–Trinajstić information content (AvgIpc) is 3.08. The maximum Gasteiger partial charge on any atom is 0.0952 e. The SMILES string of the molecule is CNC(c1ccccc1)C(c1ccccc1)n1ccnc1. The second-order valence-corrected chi connectivity index (χ2v) is 5.04. The maximum absolute atomic E-state index is 4.21. The minimum Gasteiger partial charge on any atom is -0.328 e. The molecular weight excluding hydrogens is 258 g/mol. The summed E-state index contributed by atoms with van der Waals surface area (Å²) in [4.78, 5) is 4.21. The van der Waals surface area contributed by atoms with E-state index in [4.69, 9.17) is 0 Å². The van der Waals surface area contributed by atoms with Crippen molar-refractivity contribution in [1.82, 2.24) is 14.9 Å². The fourth-order valence-corrected chi connectivity index (χ4v) is 2.79. The topological polar surface area (TPSA) is 29.9 Å². The molecule has 0 aliphatic carbocycles. The Kier molecular flexibility index (Phi) is 4.12. The third kappa shape index (κ3) is 2.88. The third-order valence-electron chi connectivity index (χ3n) is 3.77.